The second-order valence-corrected chi connectivity index (χ2v) is 5.37. The summed E-state index contributed by atoms with van der Waals surface area (Å²) in [5, 5.41) is 8.11. The molecule has 0 saturated heterocycles. The number of halogens is 1. The highest BCUT2D eigenvalue weighted by Crippen LogP contribution is 2.24. The molecule has 3 amide bonds. The van der Waals surface area contributed by atoms with E-state index in [2.05, 4.69) is 15.2 Å². The van der Waals surface area contributed by atoms with Crippen molar-refractivity contribution >= 4 is 23.7 Å². The third kappa shape index (κ3) is 3.78. The summed E-state index contributed by atoms with van der Waals surface area (Å²) in [6, 6.07) is 5.20. The first kappa shape index (κ1) is 15.0. The Morgan fingerprint density at radius 1 is 1.43 bits per heavy atom. The number of rotatable bonds is 4. The first-order valence-corrected chi connectivity index (χ1v) is 6.79. The van der Waals surface area contributed by atoms with Crippen molar-refractivity contribution in [3.05, 3.63) is 30.1 Å². The quantitative estimate of drug-likeness (QED) is 0.736. The predicted molar refractivity (Wildman–Crippen MR) is 74.8 cm³/mol. The number of thioether (sulfide) groups is 1. The Bertz CT molecular complexity index is 675. The lowest BCUT2D eigenvalue weighted by molar-refractivity contribution is -0.119. The first-order chi connectivity index (χ1) is 9.97. The van der Waals surface area contributed by atoms with Crippen LogP contribution in [0.5, 0.6) is 0 Å². The van der Waals surface area contributed by atoms with Gasteiger partial charge in [0.1, 0.15) is 5.82 Å². The fourth-order valence-electron chi connectivity index (χ4n) is 1.51. The largest absolute Gasteiger partial charge is 0.351 e. The number of benzene rings is 1. The minimum atomic E-state index is -0.922. The number of primary amides is 1. The highest BCUT2D eigenvalue weighted by atomic mass is 32.2. The molecule has 0 saturated carbocycles. The smallest absolute Gasteiger partial charge is 0.318 e. The predicted octanol–water partition coefficient (Wildman–Crippen LogP) is 1.29. The van der Waals surface area contributed by atoms with Crippen LogP contribution in [0.15, 0.2) is 29.4 Å². The molecule has 21 heavy (non-hydrogen) atoms. The van der Waals surface area contributed by atoms with Crippen molar-refractivity contribution in [3.8, 4) is 11.4 Å². The number of aromatic amines is 1. The summed E-state index contributed by atoms with van der Waals surface area (Å²) >= 11 is 1.02. The Morgan fingerprint density at radius 3 is 2.81 bits per heavy atom. The van der Waals surface area contributed by atoms with E-state index in [1.807, 2.05) is 5.32 Å². The van der Waals surface area contributed by atoms with Gasteiger partial charge >= 0.3 is 6.03 Å². The third-order valence-corrected chi connectivity index (χ3v) is 3.45. The van der Waals surface area contributed by atoms with Crippen molar-refractivity contribution < 1.29 is 14.0 Å². The summed E-state index contributed by atoms with van der Waals surface area (Å²) in [5.41, 5.74) is 5.15. The molecule has 2 aromatic rings. The summed E-state index contributed by atoms with van der Waals surface area (Å²) in [5.74, 6) is -0.715. The molecule has 0 radical (unpaired) electrons. The van der Waals surface area contributed by atoms with Crippen LogP contribution in [0.1, 0.15) is 6.92 Å². The van der Waals surface area contributed by atoms with Gasteiger partial charge in [0.05, 0.1) is 10.8 Å². The van der Waals surface area contributed by atoms with E-state index in [9.17, 15) is 14.0 Å². The number of nitrogens with two attached hydrogens (primary N) is 1. The van der Waals surface area contributed by atoms with Crippen molar-refractivity contribution in [2.24, 2.45) is 5.73 Å². The minimum Gasteiger partial charge on any atom is -0.351 e. The number of urea groups is 1. The molecule has 0 unspecified atom stereocenters. The summed E-state index contributed by atoms with van der Waals surface area (Å²) in [4.78, 5) is 26.2. The molecule has 0 fully saturated rings. The SMILES string of the molecule is C[C@@H](Sc1n[nH]c(-c2ccccc2F)n1)C(=O)NC(N)=O. The molecule has 0 spiro atoms. The Labute approximate surface area is 123 Å². The van der Waals surface area contributed by atoms with Crippen molar-refractivity contribution in [2.75, 3.05) is 0 Å². The molecule has 1 aromatic carbocycles. The summed E-state index contributed by atoms with van der Waals surface area (Å²) in [6.07, 6.45) is 0. The number of imide groups is 1. The van der Waals surface area contributed by atoms with E-state index in [0.717, 1.165) is 11.8 Å². The number of nitrogens with one attached hydrogen (secondary N) is 2. The maximum atomic E-state index is 13.6. The van der Waals surface area contributed by atoms with E-state index >= 15 is 0 Å². The highest BCUT2D eigenvalue weighted by Gasteiger charge is 2.19. The molecule has 7 nitrogen and oxygen atoms in total. The molecule has 0 aliphatic carbocycles. The molecule has 4 N–H and O–H groups in total. The van der Waals surface area contributed by atoms with Crippen LogP contribution in [-0.4, -0.2) is 32.4 Å². The monoisotopic (exact) mass is 309 g/mol. The van der Waals surface area contributed by atoms with Crippen LogP contribution in [0.4, 0.5) is 9.18 Å². The van der Waals surface area contributed by atoms with Crippen LogP contribution in [0.3, 0.4) is 0 Å². The normalized spacial score (nSPS) is 11.9. The van der Waals surface area contributed by atoms with Crippen LogP contribution in [0.2, 0.25) is 0 Å². The molecule has 110 valence electrons. The third-order valence-electron chi connectivity index (χ3n) is 2.49. The molecule has 0 aliphatic rings. The van der Waals surface area contributed by atoms with Gasteiger partial charge in [-0.15, -0.1) is 5.10 Å². The van der Waals surface area contributed by atoms with Crippen molar-refractivity contribution in [1.29, 1.82) is 0 Å². The maximum absolute atomic E-state index is 13.6. The number of carbonyl (C=O) groups excluding carboxylic acids is 2. The Morgan fingerprint density at radius 2 is 2.14 bits per heavy atom. The van der Waals surface area contributed by atoms with Crippen LogP contribution in [0.25, 0.3) is 11.4 Å². The van der Waals surface area contributed by atoms with Crippen molar-refractivity contribution in [3.63, 3.8) is 0 Å². The number of nitrogens with zero attached hydrogens (tertiary/aromatic N) is 2. The van der Waals surface area contributed by atoms with Gasteiger partial charge in [-0.05, 0) is 19.1 Å². The highest BCUT2D eigenvalue weighted by molar-refractivity contribution is 8.00. The van der Waals surface area contributed by atoms with E-state index < -0.39 is 23.0 Å². The molecule has 1 atom stereocenters. The van der Waals surface area contributed by atoms with Crippen LogP contribution in [-0.2, 0) is 4.79 Å². The number of hydrogen-bond donors (Lipinski definition) is 3. The number of hydrogen-bond acceptors (Lipinski definition) is 5. The molecule has 9 heteroatoms. The molecule has 1 aromatic heterocycles. The summed E-state index contributed by atoms with van der Waals surface area (Å²) in [6.45, 7) is 1.57. The molecule has 1 heterocycles. The Balaban J connectivity index is 2.09. The van der Waals surface area contributed by atoms with Crippen molar-refractivity contribution in [1.82, 2.24) is 20.5 Å². The summed E-state index contributed by atoms with van der Waals surface area (Å²) < 4.78 is 13.6. The number of aromatic nitrogens is 3. The van der Waals surface area contributed by atoms with Gasteiger partial charge < -0.3 is 5.73 Å². The number of amides is 3. The second kappa shape index (κ2) is 6.35. The topological polar surface area (TPSA) is 114 Å². The zero-order chi connectivity index (χ0) is 15.4. The minimum absolute atomic E-state index is 0.262. The maximum Gasteiger partial charge on any atom is 0.318 e. The lowest BCUT2D eigenvalue weighted by atomic mass is 10.2. The van der Waals surface area contributed by atoms with E-state index in [1.165, 1.54) is 6.07 Å². The summed E-state index contributed by atoms with van der Waals surface area (Å²) in [7, 11) is 0. The second-order valence-electron chi connectivity index (χ2n) is 4.06. The standard InChI is InChI=1S/C12H12FN5O2S/c1-6(10(19)16-11(14)20)21-12-15-9(17-18-12)7-4-2-3-5-8(7)13/h2-6H,1H3,(H,15,17,18)(H3,14,16,19,20)/t6-/m1/s1. The lowest BCUT2D eigenvalue weighted by Gasteiger charge is -2.06. The molecule has 0 aliphatic heterocycles. The zero-order valence-corrected chi connectivity index (χ0v) is 11.8. The fourth-order valence-corrected chi connectivity index (χ4v) is 2.23. The average Bonchev–Trinajstić information content (AvgIpc) is 2.86. The van der Waals surface area contributed by atoms with E-state index in [4.69, 9.17) is 5.73 Å². The van der Waals surface area contributed by atoms with Crippen molar-refractivity contribution in [2.45, 2.75) is 17.3 Å². The van der Waals surface area contributed by atoms with Gasteiger partial charge in [-0.1, -0.05) is 23.9 Å². The Kier molecular flexibility index (Phi) is 4.53. The van der Waals surface area contributed by atoms with E-state index in [1.54, 1.807) is 25.1 Å². The average molecular weight is 309 g/mol. The van der Waals surface area contributed by atoms with Gasteiger partial charge in [-0.25, -0.2) is 14.2 Å². The van der Waals surface area contributed by atoms with E-state index in [0.29, 0.717) is 0 Å². The first-order valence-electron chi connectivity index (χ1n) is 5.91. The zero-order valence-electron chi connectivity index (χ0n) is 11.0. The van der Waals surface area contributed by atoms with Crippen LogP contribution < -0.4 is 11.1 Å². The van der Waals surface area contributed by atoms with Gasteiger partial charge in [0.25, 0.3) is 0 Å². The molecule has 2 rings (SSSR count). The number of carbonyl (C=O) groups is 2. The van der Waals surface area contributed by atoms with Crippen LogP contribution >= 0.6 is 11.8 Å². The van der Waals surface area contributed by atoms with Crippen LogP contribution in [0, 0.1) is 5.82 Å². The van der Waals surface area contributed by atoms with Gasteiger partial charge in [-0.2, -0.15) is 0 Å². The molecule has 0 bridgehead atoms. The van der Waals surface area contributed by atoms with Gasteiger partial charge in [-0.3, -0.25) is 15.2 Å². The lowest BCUT2D eigenvalue weighted by Crippen LogP contribution is -2.39. The Hall–Kier alpha value is -2.42. The molecular formula is C12H12FN5O2S. The number of H-pyrrole nitrogens is 1. The molecular weight excluding hydrogens is 297 g/mol. The van der Waals surface area contributed by atoms with Gasteiger partial charge in [0.2, 0.25) is 11.1 Å². The van der Waals surface area contributed by atoms with Gasteiger partial charge in [0.15, 0.2) is 5.82 Å². The van der Waals surface area contributed by atoms with E-state index in [-0.39, 0.29) is 16.5 Å². The fraction of sp³-hybridized carbons (Fsp3) is 0.167. The van der Waals surface area contributed by atoms with Gasteiger partial charge in [0, 0.05) is 0 Å².